The molecule has 0 aliphatic carbocycles. The third kappa shape index (κ3) is 25.2. The predicted molar refractivity (Wildman–Crippen MR) is 566 cm³/mol. The molecule has 30 nitrogen and oxygen atoms in total. The zero-order valence-corrected chi connectivity index (χ0v) is 77.9. The van der Waals surface area contributed by atoms with E-state index in [1.807, 2.05) is 62.0 Å². The Bertz CT molecular complexity index is 10000. The van der Waals surface area contributed by atoms with Gasteiger partial charge in [0.1, 0.15) is 2.74 Å². The molecular formula is C114H102N26O4. The van der Waals surface area contributed by atoms with Crippen LogP contribution in [0.15, 0.2) is 359 Å². The first-order valence-corrected chi connectivity index (χ1v) is 43.5. The second-order valence-corrected chi connectivity index (χ2v) is 31.9. The van der Waals surface area contributed by atoms with Gasteiger partial charge in [0, 0.05) is 227 Å². The molecule has 0 aliphatic rings. The fraction of sp³-hybridized carbons (Fsp3) is 0.105. The largest absolute Gasteiger partial charge is 0.324 e. The lowest BCUT2D eigenvalue weighted by molar-refractivity contribution is 0.101. The van der Waals surface area contributed by atoms with Gasteiger partial charge < -0.3 is 60.5 Å². The van der Waals surface area contributed by atoms with Crippen LogP contribution in [0.5, 0.6) is 0 Å². The molecule has 712 valence electrons. The topological polar surface area (TPSA) is 368 Å². The molecule has 8 aromatic carbocycles. The van der Waals surface area contributed by atoms with Gasteiger partial charge in [-0.25, -0.2) is 49.8 Å². The number of rotatable bonds is 23. The normalized spacial score (nSPS) is 14.5. The highest BCUT2D eigenvalue weighted by atomic mass is 16.2. The van der Waals surface area contributed by atoms with Gasteiger partial charge in [-0.2, -0.15) is 0 Å². The number of carbonyl (C=O) groups is 4. The Hall–Kier alpha value is -19.3. The number of nitrogens with zero attached hydrogens (tertiary/aromatic N) is 18. The van der Waals surface area contributed by atoms with Crippen LogP contribution in [0.3, 0.4) is 0 Å². The SMILES string of the molecule is [2H]c1nc(=Nc2cc(C(=O)Nc3cc(C)cc(-n4ccc(C)c4)c3)ccc2C)[nH]c(-c2cccnc2)c1[2H].[2H]c1nc([2H])c(-c2ccnc(Nc3c([2H])c(C(=O)Nc4cc(C)cc(-n5c([2H])cc(C)c5[2H])c4)c([2H])c([2H])c3C([2H])([2H])[2H])n2)c([2H])c1[2H].[2H]c1nc([2H])c(-c2ccnc(Nc3c([2H])c(C(=O)Nc4cc(C)cc(-n5c([2H])nc(C)c5[2H])c4)c([2H])c([2H])c3C([2H])([2H])[2H])n2)c([2H])c1[2H].[2H]c1nc([2H])c(-c2ccnc(Nc3c([2H])c(C(=O)Nc4cc(C)cc(-n5c([2H])nc(C)c5[2H])c4)c([2H])c([2H])c3C)n2)c([2H])c1[2H]. The summed E-state index contributed by atoms with van der Waals surface area (Å²) in [5.74, 6) is -3.95. The van der Waals surface area contributed by atoms with Crippen LogP contribution >= 0.6 is 0 Å². The van der Waals surface area contributed by atoms with Gasteiger partial charge >= 0.3 is 0 Å². The molecule has 0 unspecified atom stereocenters. The Morgan fingerprint density at radius 1 is 0.368 bits per heavy atom. The molecule has 30 heteroatoms. The lowest BCUT2D eigenvalue weighted by atomic mass is 10.1. The maximum atomic E-state index is 13.6. The Balaban J connectivity index is 0.000000158. The van der Waals surface area contributed by atoms with Gasteiger partial charge in [0.05, 0.1) is 89.5 Å². The van der Waals surface area contributed by atoms with Gasteiger partial charge in [-0.05, 0) is 345 Å². The number of aryl methyl sites for hydroxylation is 9. The molecule has 0 aliphatic heterocycles. The highest BCUT2D eigenvalue weighted by Crippen LogP contribution is 2.32. The van der Waals surface area contributed by atoms with Gasteiger partial charge in [0.15, 0.2) is 0 Å². The first kappa shape index (κ1) is 61.8. The quantitative estimate of drug-likeness (QED) is 0.0295. The first-order valence-electron chi connectivity index (χ1n) is 61.0. The Morgan fingerprint density at radius 3 is 1.22 bits per heavy atom. The standard InChI is InChI=1S/2C29H26N6O.2C28H25N7O/c2*1-19-9-12-35(18-19)25-14-20(2)13-24(16-25)32-28(36)22-7-6-21(3)27(15-22)34-29-31-11-8-26(33-29)23-5-4-10-30-17-23;2*1-18-11-23(14-24(12-18)35-16-20(3)31-17-35)32-27(36)21-7-6-19(2)26(13-21)34-28-30-10-8-25(33-28)22-5-4-9-29-15-22/h2*4-18H,1-3H3,(H,32,36)(H,31,33,34);2*4-17H,1-3H3,(H,32,36)(H,30,33,34)/i3D3,4D,5D,6D,7D,10D,12D,15D,17D,18D;8D,11D;2D3,4D,5D,6D,7D,9D,13D,15D,16D,17D;4D,5D,6D,7D,9D,13D,15D,16D,17D. The average molecular weight is 1940 g/mol. The molecule has 20 aromatic rings. The van der Waals surface area contributed by atoms with Crippen molar-refractivity contribution < 1.29 is 67.2 Å². The van der Waals surface area contributed by atoms with Gasteiger partial charge in [-0.1, -0.05) is 24.2 Å². The van der Waals surface area contributed by atoms with Gasteiger partial charge in [-0.15, -0.1) is 0 Å². The van der Waals surface area contributed by atoms with Crippen molar-refractivity contribution in [3.8, 4) is 67.8 Å². The summed E-state index contributed by atoms with van der Waals surface area (Å²) in [7, 11) is 0. The zero-order chi connectivity index (χ0) is 131. The number of amides is 4. The van der Waals surface area contributed by atoms with E-state index in [0.29, 0.717) is 78.9 Å². The van der Waals surface area contributed by atoms with E-state index < -0.39 is 192 Å². The van der Waals surface area contributed by atoms with E-state index in [1.165, 1.54) is 81.7 Å². The minimum atomic E-state index is -3.04. The monoisotopic (exact) mass is 1930 g/mol. The maximum Gasteiger partial charge on any atom is 0.255 e. The van der Waals surface area contributed by atoms with Crippen molar-refractivity contribution in [2.75, 3.05) is 37.2 Å². The van der Waals surface area contributed by atoms with Crippen LogP contribution in [-0.4, -0.2) is 112 Å². The van der Waals surface area contributed by atoms with Crippen LogP contribution in [0.2, 0.25) is 0 Å². The van der Waals surface area contributed by atoms with E-state index in [2.05, 4.69) is 118 Å². The molecular weight excluding hydrogens is 1800 g/mol. The Kier molecular flexibility index (Phi) is 19.1. The summed E-state index contributed by atoms with van der Waals surface area (Å²) < 4.78 is 293. The lowest BCUT2D eigenvalue weighted by Gasteiger charge is -2.13. The van der Waals surface area contributed by atoms with Gasteiger partial charge in [-0.3, -0.25) is 39.1 Å². The van der Waals surface area contributed by atoms with Crippen LogP contribution in [0.25, 0.3) is 67.8 Å². The molecule has 0 fully saturated rings. The Morgan fingerprint density at radius 2 is 0.806 bits per heavy atom. The number of carbonyl (C=O) groups excluding carboxylic acids is 4. The smallest absolute Gasteiger partial charge is 0.255 e. The number of anilines is 10. The number of hydrogen-bond donors (Lipinski definition) is 8. The van der Waals surface area contributed by atoms with E-state index in [4.69, 9.17) is 48.0 Å². The van der Waals surface area contributed by atoms with Crippen LogP contribution < -0.4 is 42.8 Å². The average Bonchev–Trinajstić information content (AvgIpc) is 1.58. The zero-order valence-electron chi connectivity index (χ0n) is 113. The molecule has 0 atom stereocenters. The number of H-pyrrole nitrogens is 1. The second kappa shape index (κ2) is 44.5. The summed E-state index contributed by atoms with van der Waals surface area (Å²) in [5, 5.41) is 18.8. The molecule has 0 radical (unpaired) electrons. The van der Waals surface area contributed by atoms with Crippen LogP contribution in [-0.2, 0) is 0 Å². The molecule has 0 bridgehead atoms. The fourth-order valence-corrected chi connectivity index (χ4v) is 13.8. The number of imidazole rings is 2. The van der Waals surface area contributed by atoms with Crippen LogP contribution in [0.4, 0.5) is 63.3 Å². The van der Waals surface area contributed by atoms with Crippen molar-refractivity contribution in [2.24, 2.45) is 4.99 Å². The van der Waals surface area contributed by atoms with Crippen molar-refractivity contribution in [1.82, 2.24) is 88.0 Å². The third-order valence-electron chi connectivity index (χ3n) is 20.5. The summed E-state index contributed by atoms with van der Waals surface area (Å²) in [5.41, 5.74) is 7.13. The first-order chi connectivity index (χ1) is 84.2. The molecule has 0 saturated heterocycles. The second-order valence-electron chi connectivity index (χ2n) is 31.9. The highest BCUT2D eigenvalue weighted by Gasteiger charge is 2.20. The maximum absolute atomic E-state index is 13.6. The fourth-order valence-electron chi connectivity index (χ4n) is 13.8. The van der Waals surface area contributed by atoms with E-state index in [9.17, 15) is 19.2 Å². The van der Waals surface area contributed by atoms with Crippen LogP contribution in [0.1, 0.15) is 156 Å². The summed E-state index contributed by atoms with van der Waals surface area (Å²) in [4.78, 5) is 114. The number of nitrogens with one attached hydrogen (secondary N) is 8. The van der Waals surface area contributed by atoms with Crippen molar-refractivity contribution in [3.05, 3.63) is 449 Å². The Labute approximate surface area is 881 Å². The molecule has 8 N–H and O–H groups in total. The molecule has 0 spiro atoms. The number of benzene rings is 8. The van der Waals surface area contributed by atoms with E-state index in [0.717, 1.165) is 22.4 Å². The number of hydrogen-bond acceptors (Lipinski definition) is 21. The van der Waals surface area contributed by atoms with Crippen molar-refractivity contribution in [2.45, 2.75) is 82.9 Å². The van der Waals surface area contributed by atoms with E-state index >= 15 is 0 Å². The molecule has 12 heterocycles. The van der Waals surface area contributed by atoms with Gasteiger partial charge in [0.25, 0.3) is 23.6 Å². The minimum absolute atomic E-state index is 0.0202. The minimum Gasteiger partial charge on any atom is -0.324 e. The lowest BCUT2D eigenvalue weighted by Crippen LogP contribution is -2.14. The summed E-state index contributed by atoms with van der Waals surface area (Å²) in [6.07, 6.45) is 7.42. The summed E-state index contributed by atoms with van der Waals surface area (Å²) >= 11 is 0. The van der Waals surface area contributed by atoms with Crippen LogP contribution in [0, 0.1) is 82.9 Å². The van der Waals surface area contributed by atoms with E-state index in [1.54, 1.807) is 115 Å². The summed E-state index contributed by atoms with van der Waals surface area (Å²) in [6, 6.07) is 27.6. The van der Waals surface area contributed by atoms with E-state index in [-0.39, 0.29) is 147 Å². The van der Waals surface area contributed by atoms with Gasteiger partial charge in [0.2, 0.25) is 23.5 Å². The molecule has 4 amide bonds. The molecule has 20 rings (SSSR count). The molecule has 144 heavy (non-hydrogen) atoms. The number of aromatic nitrogens is 18. The predicted octanol–water partition coefficient (Wildman–Crippen LogP) is 23.2. The molecule has 12 aromatic heterocycles. The highest BCUT2D eigenvalue weighted by molar-refractivity contribution is 6.08. The molecule has 0 saturated carbocycles. The number of pyridine rings is 4. The summed E-state index contributed by atoms with van der Waals surface area (Å²) in [6.45, 7) is 11.4. The number of aromatic amines is 1. The third-order valence-corrected chi connectivity index (χ3v) is 20.5. The van der Waals surface area contributed by atoms with Crippen molar-refractivity contribution in [3.63, 3.8) is 0 Å². The van der Waals surface area contributed by atoms with Crippen molar-refractivity contribution in [1.29, 1.82) is 0 Å². The van der Waals surface area contributed by atoms with Crippen molar-refractivity contribution >= 4 is 87.0 Å².